The lowest BCUT2D eigenvalue weighted by Crippen LogP contribution is -2.48. The van der Waals surface area contributed by atoms with Crippen molar-refractivity contribution in [2.75, 3.05) is 38.8 Å². The quantitative estimate of drug-likeness (QED) is 0.586. The number of ether oxygens (including phenoxy) is 1. The Bertz CT molecular complexity index is 212. The molecule has 0 heterocycles. The average Bonchev–Trinajstić information content (AvgIpc) is 3.21. The first-order valence-corrected chi connectivity index (χ1v) is 8.57. The number of hydrogen-bond donors (Lipinski definition) is 1. The topological polar surface area (TPSA) is 38.5 Å². The number of hydrogen-bond acceptors (Lipinski definition) is 4. The number of thioether (sulfide) groups is 1. The van der Waals surface area contributed by atoms with E-state index >= 15 is 0 Å². The predicted octanol–water partition coefficient (Wildman–Crippen LogP) is 2.20. The van der Waals surface area contributed by atoms with Crippen molar-refractivity contribution in [2.45, 2.75) is 44.7 Å². The van der Waals surface area contributed by atoms with Crippen LogP contribution in [0.25, 0.3) is 0 Å². The molecule has 0 aromatic heterocycles. The highest BCUT2D eigenvalue weighted by Gasteiger charge is 2.34. The Hall–Kier alpha value is 0.230. The lowest BCUT2D eigenvalue weighted by molar-refractivity contribution is 0.0800. The molecule has 0 radical (unpaired) electrons. The van der Waals surface area contributed by atoms with Crippen LogP contribution in [0.5, 0.6) is 0 Å². The maximum absolute atomic E-state index is 6.00. The van der Waals surface area contributed by atoms with Crippen LogP contribution < -0.4 is 5.73 Å². The van der Waals surface area contributed by atoms with Crippen molar-refractivity contribution in [3.8, 4) is 0 Å². The maximum Gasteiger partial charge on any atom is 0.0589 e. The highest BCUT2D eigenvalue weighted by Crippen LogP contribution is 2.36. The van der Waals surface area contributed by atoms with Gasteiger partial charge in [0.05, 0.1) is 6.61 Å². The Morgan fingerprint density at radius 1 is 1.44 bits per heavy atom. The van der Waals surface area contributed by atoms with E-state index in [-0.39, 0.29) is 0 Å². The fourth-order valence-electron chi connectivity index (χ4n) is 2.65. The normalized spacial score (nSPS) is 19.2. The predicted molar refractivity (Wildman–Crippen MR) is 81.2 cm³/mol. The van der Waals surface area contributed by atoms with Crippen LogP contribution in [-0.4, -0.2) is 55.8 Å². The van der Waals surface area contributed by atoms with E-state index in [0.717, 1.165) is 25.6 Å². The van der Waals surface area contributed by atoms with Gasteiger partial charge in [0.15, 0.2) is 0 Å². The van der Waals surface area contributed by atoms with Gasteiger partial charge < -0.3 is 10.5 Å². The van der Waals surface area contributed by atoms with Crippen LogP contribution in [0.2, 0.25) is 0 Å². The third kappa shape index (κ3) is 5.47. The van der Waals surface area contributed by atoms with Crippen molar-refractivity contribution < 1.29 is 4.74 Å². The van der Waals surface area contributed by atoms with Crippen molar-refractivity contribution in [3.05, 3.63) is 0 Å². The fraction of sp³-hybridized carbons (Fsp3) is 1.00. The Morgan fingerprint density at radius 2 is 2.17 bits per heavy atom. The molecule has 1 aliphatic carbocycles. The molecule has 2 unspecified atom stereocenters. The third-order valence-electron chi connectivity index (χ3n) is 4.01. The summed E-state index contributed by atoms with van der Waals surface area (Å²) in [6, 6.07) is 1.20. The second kappa shape index (κ2) is 9.18. The number of rotatable bonds is 11. The Kier molecular flexibility index (Phi) is 8.31. The first-order chi connectivity index (χ1) is 8.74. The van der Waals surface area contributed by atoms with Gasteiger partial charge in [0, 0.05) is 32.3 Å². The second-order valence-electron chi connectivity index (χ2n) is 5.33. The standard InChI is InChI=1S/C14H30N2OS/c1-12(13-6-7-13)16(8-9-17-2)14(11-15)5-4-10-18-3/h12-14H,4-11,15H2,1-3H3. The molecule has 1 saturated carbocycles. The summed E-state index contributed by atoms with van der Waals surface area (Å²) in [5, 5.41) is 0. The number of nitrogens with two attached hydrogens (primary N) is 1. The Balaban J connectivity index is 2.47. The molecule has 0 spiro atoms. The van der Waals surface area contributed by atoms with Gasteiger partial charge in [0.25, 0.3) is 0 Å². The van der Waals surface area contributed by atoms with E-state index in [2.05, 4.69) is 18.1 Å². The molecule has 1 aliphatic rings. The summed E-state index contributed by atoms with van der Waals surface area (Å²) in [7, 11) is 1.78. The molecule has 0 amide bonds. The van der Waals surface area contributed by atoms with Crippen molar-refractivity contribution in [1.29, 1.82) is 0 Å². The molecule has 1 fully saturated rings. The van der Waals surface area contributed by atoms with Crippen molar-refractivity contribution in [2.24, 2.45) is 11.7 Å². The average molecular weight is 274 g/mol. The SMILES string of the molecule is COCCN(C(CN)CCCSC)C(C)C1CC1. The molecule has 3 nitrogen and oxygen atoms in total. The minimum Gasteiger partial charge on any atom is -0.383 e. The molecule has 0 saturated heterocycles. The van der Waals surface area contributed by atoms with Crippen LogP contribution in [-0.2, 0) is 4.74 Å². The molecule has 4 heteroatoms. The lowest BCUT2D eigenvalue weighted by Gasteiger charge is -2.36. The van der Waals surface area contributed by atoms with Gasteiger partial charge in [-0.05, 0) is 50.5 Å². The van der Waals surface area contributed by atoms with E-state index in [0.29, 0.717) is 12.1 Å². The van der Waals surface area contributed by atoms with Crippen molar-refractivity contribution in [1.82, 2.24) is 4.90 Å². The zero-order valence-corrected chi connectivity index (χ0v) is 13.0. The summed E-state index contributed by atoms with van der Waals surface area (Å²) in [4.78, 5) is 2.60. The fourth-order valence-corrected chi connectivity index (χ4v) is 3.10. The van der Waals surface area contributed by atoms with E-state index < -0.39 is 0 Å². The lowest BCUT2D eigenvalue weighted by atomic mass is 10.1. The summed E-state index contributed by atoms with van der Waals surface area (Å²) < 4.78 is 5.26. The molecule has 18 heavy (non-hydrogen) atoms. The van der Waals surface area contributed by atoms with Gasteiger partial charge in [-0.2, -0.15) is 11.8 Å². The molecule has 0 aromatic rings. The number of nitrogens with zero attached hydrogens (tertiary/aromatic N) is 1. The van der Waals surface area contributed by atoms with E-state index in [1.165, 1.54) is 31.4 Å². The molecule has 108 valence electrons. The second-order valence-corrected chi connectivity index (χ2v) is 6.32. The molecule has 1 rings (SSSR count). The zero-order valence-electron chi connectivity index (χ0n) is 12.2. The first kappa shape index (κ1) is 16.3. The van der Waals surface area contributed by atoms with Gasteiger partial charge in [-0.15, -0.1) is 0 Å². The van der Waals surface area contributed by atoms with Gasteiger partial charge in [0.2, 0.25) is 0 Å². The molecule has 2 atom stereocenters. The van der Waals surface area contributed by atoms with Crippen molar-refractivity contribution >= 4 is 11.8 Å². The van der Waals surface area contributed by atoms with Gasteiger partial charge in [0.1, 0.15) is 0 Å². The molecular formula is C14H30N2OS. The van der Waals surface area contributed by atoms with Gasteiger partial charge in [-0.1, -0.05) is 0 Å². The Labute approximate surface area is 117 Å². The van der Waals surface area contributed by atoms with Crippen LogP contribution in [0, 0.1) is 5.92 Å². The van der Waals surface area contributed by atoms with Crippen LogP contribution >= 0.6 is 11.8 Å². The van der Waals surface area contributed by atoms with Crippen LogP contribution in [0.4, 0.5) is 0 Å². The van der Waals surface area contributed by atoms with E-state index in [4.69, 9.17) is 10.5 Å². The largest absolute Gasteiger partial charge is 0.383 e. The monoisotopic (exact) mass is 274 g/mol. The van der Waals surface area contributed by atoms with Crippen molar-refractivity contribution in [3.63, 3.8) is 0 Å². The zero-order chi connectivity index (χ0) is 13.4. The summed E-state index contributed by atoms with van der Waals surface area (Å²) in [6.45, 7) is 4.98. The first-order valence-electron chi connectivity index (χ1n) is 7.18. The van der Waals surface area contributed by atoms with Crippen LogP contribution in [0.3, 0.4) is 0 Å². The number of methoxy groups -OCH3 is 1. The minimum atomic E-state index is 0.530. The molecule has 0 bridgehead atoms. The molecule has 0 aromatic carbocycles. The molecular weight excluding hydrogens is 244 g/mol. The van der Waals surface area contributed by atoms with E-state index in [9.17, 15) is 0 Å². The van der Waals surface area contributed by atoms with E-state index in [1.807, 2.05) is 11.8 Å². The van der Waals surface area contributed by atoms with Gasteiger partial charge in [-0.3, -0.25) is 4.90 Å². The highest BCUT2D eigenvalue weighted by atomic mass is 32.2. The summed E-state index contributed by atoms with van der Waals surface area (Å²) in [6.07, 6.45) is 7.45. The van der Waals surface area contributed by atoms with Crippen LogP contribution in [0.1, 0.15) is 32.6 Å². The maximum atomic E-state index is 6.00. The molecule has 2 N–H and O–H groups in total. The minimum absolute atomic E-state index is 0.530. The van der Waals surface area contributed by atoms with Crippen LogP contribution in [0.15, 0.2) is 0 Å². The van der Waals surface area contributed by atoms with Gasteiger partial charge >= 0.3 is 0 Å². The third-order valence-corrected chi connectivity index (χ3v) is 4.70. The summed E-state index contributed by atoms with van der Waals surface area (Å²) in [5.74, 6) is 2.14. The Morgan fingerprint density at radius 3 is 2.67 bits per heavy atom. The summed E-state index contributed by atoms with van der Waals surface area (Å²) >= 11 is 1.93. The summed E-state index contributed by atoms with van der Waals surface area (Å²) in [5.41, 5.74) is 6.00. The smallest absolute Gasteiger partial charge is 0.0589 e. The van der Waals surface area contributed by atoms with Gasteiger partial charge in [-0.25, -0.2) is 0 Å². The van der Waals surface area contributed by atoms with E-state index in [1.54, 1.807) is 7.11 Å². The molecule has 0 aliphatic heterocycles. The highest BCUT2D eigenvalue weighted by molar-refractivity contribution is 7.98.